The number of rotatable bonds is 4. The molecule has 0 amide bonds. The molecule has 1 N–H and O–H groups in total. The number of aromatic nitrogens is 1. The molecule has 0 aromatic carbocycles. The highest BCUT2D eigenvalue weighted by atomic mass is 32.2. The molecule has 112 valence electrons. The normalized spacial score (nSPS) is 21.4. The molecule has 2 heterocycles. The van der Waals surface area contributed by atoms with E-state index < -0.39 is 9.84 Å². The summed E-state index contributed by atoms with van der Waals surface area (Å²) in [6.45, 7) is 4.06. The Morgan fingerprint density at radius 1 is 1.45 bits per heavy atom. The maximum absolute atomic E-state index is 11.6. The molecule has 20 heavy (non-hydrogen) atoms. The second kappa shape index (κ2) is 5.69. The van der Waals surface area contributed by atoms with Gasteiger partial charge in [0, 0.05) is 18.8 Å². The summed E-state index contributed by atoms with van der Waals surface area (Å²) in [5.74, 6) is 1.44. The van der Waals surface area contributed by atoms with E-state index in [9.17, 15) is 13.5 Å². The largest absolute Gasteiger partial charge is 0.392 e. The zero-order chi connectivity index (χ0) is 14.9. The van der Waals surface area contributed by atoms with Gasteiger partial charge in [-0.15, -0.1) is 0 Å². The number of sulfone groups is 1. The summed E-state index contributed by atoms with van der Waals surface area (Å²) >= 11 is 0. The van der Waals surface area contributed by atoms with Gasteiger partial charge >= 0.3 is 0 Å². The second-order valence-electron chi connectivity index (χ2n) is 5.74. The highest BCUT2D eigenvalue weighted by molar-refractivity contribution is 7.91. The lowest BCUT2D eigenvalue weighted by Crippen LogP contribution is -2.33. The Balaban J connectivity index is 2.29. The average molecular weight is 298 g/mol. The van der Waals surface area contributed by atoms with Crippen LogP contribution in [0.15, 0.2) is 12.1 Å². The van der Waals surface area contributed by atoms with Gasteiger partial charge in [0.2, 0.25) is 0 Å². The number of aliphatic hydroxyl groups is 1. The SMILES string of the molecule is CC(C)c1cc(CO)cc(N(C)C2CCS(=O)(=O)C2)n1. The van der Waals surface area contributed by atoms with Gasteiger partial charge in [-0.25, -0.2) is 13.4 Å². The second-order valence-corrected chi connectivity index (χ2v) is 7.97. The third kappa shape index (κ3) is 3.30. The quantitative estimate of drug-likeness (QED) is 0.908. The van der Waals surface area contributed by atoms with E-state index in [1.54, 1.807) is 0 Å². The Morgan fingerprint density at radius 3 is 2.65 bits per heavy atom. The van der Waals surface area contributed by atoms with Crippen LogP contribution in [-0.2, 0) is 16.4 Å². The van der Waals surface area contributed by atoms with Crippen molar-refractivity contribution in [2.45, 2.75) is 38.8 Å². The maximum Gasteiger partial charge on any atom is 0.152 e. The number of nitrogens with zero attached hydrogens (tertiary/aromatic N) is 2. The van der Waals surface area contributed by atoms with Crippen molar-refractivity contribution in [2.24, 2.45) is 0 Å². The average Bonchev–Trinajstić information content (AvgIpc) is 2.77. The van der Waals surface area contributed by atoms with E-state index in [0.29, 0.717) is 6.42 Å². The first-order valence-corrected chi connectivity index (χ1v) is 8.69. The minimum Gasteiger partial charge on any atom is -0.392 e. The Morgan fingerprint density at radius 2 is 2.15 bits per heavy atom. The van der Waals surface area contributed by atoms with Crippen LogP contribution < -0.4 is 4.90 Å². The lowest BCUT2D eigenvalue weighted by Gasteiger charge is -2.26. The van der Waals surface area contributed by atoms with E-state index in [4.69, 9.17) is 0 Å². The van der Waals surface area contributed by atoms with Gasteiger partial charge in [0.15, 0.2) is 9.84 Å². The van der Waals surface area contributed by atoms with Crippen LogP contribution in [0.2, 0.25) is 0 Å². The third-order valence-corrected chi connectivity index (χ3v) is 5.53. The van der Waals surface area contributed by atoms with E-state index in [-0.39, 0.29) is 30.1 Å². The molecule has 1 aromatic rings. The summed E-state index contributed by atoms with van der Waals surface area (Å²) < 4.78 is 23.2. The number of anilines is 1. The minimum atomic E-state index is -2.91. The number of hydrogen-bond acceptors (Lipinski definition) is 5. The molecular formula is C14H22N2O3S. The predicted molar refractivity (Wildman–Crippen MR) is 79.7 cm³/mol. The molecule has 0 saturated carbocycles. The van der Waals surface area contributed by atoms with E-state index >= 15 is 0 Å². The Hall–Kier alpha value is -1.14. The van der Waals surface area contributed by atoms with Gasteiger partial charge in [-0.05, 0) is 30.0 Å². The maximum atomic E-state index is 11.6. The van der Waals surface area contributed by atoms with Crippen molar-refractivity contribution in [3.05, 3.63) is 23.4 Å². The number of hydrogen-bond donors (Lipinski definition) is 1. The molecule has 0 bridgehead atoms. The van der Waals surface area contributed by atoms with Gasteiger partial charge in [0.1, 0.15) is 5.82 Å². The van der Waals surface area contributed by atoms with E-state index in [1.165, 1.54) is 0 Å². The van der Waals surface area contributed by atoms with Crippen LogP contribution in [0.5, 0.6) is 0 Å². The molecule has 2 rings (SSSR count). The van der Waals surface area contributed by atoms with Crippen LogP contribution in [0, 0.1) is 0 Å². The lowest BCUT2D eigenvalue weighted by atomic mass is 10.1. The van der Waals surface area contributed by atoms with E-state index in [0.717, 1.165) is 17.1 Å². The van der Waals surface area contributed by atoms with Gasteiger partial charge in [-0.2, -0.15) is 0 Å². The molecule has 1 aliphatic rings. The summed E-state index contributed by atoms with van der Waals surface area (Å²) in [6, 6.07) is 3.70. The molecule has 0 aliphatic carbocycles. The van der Waals surface area contributed by atoms with Crippen LogP contribution in [0.3, 0.4) is 0 Å². The van der Waals surface area contributed by atoms with Crippen molar-refractivity contribution in [3.8, 4) is 0 Å². The minimum absolute atomic E-state index is 0.0264. The summed E-state index contributed by atoms with van der Waals surface area (Å²) in [7, 11) is -1.04. The van der Waals surface area contributed by atoms with Crippen molar-refractivity contribution in [2.75, 3.05) is 23.5 Å². The van der Waals surface area contributed by atoms with Gasteiger partial charge in [-0.3, -0.25) is 0 Å². The Labute approximate surface area is 120 Å². The molecule has 1 saturated heterocycles. The smallest absolute Gasteiger partial charge is 0.152 e. The van der Waals surface area contributed by atoms with Gasteiger partial charge in [0.05, 0.1) is 18.1 Å². The molecule has 5 nitrogen and oxygen atoms in total. The molecule has 6 heteroatoms. The van der Waals surface area contributed by atoms with Crippen molar-refractivity contribution in [3.63, 3.8) is 0 Å². The van der Waals surface area contributed by atoms with Gasteiger partial charge in [-0.1, -0.05) is 13.8 Å². The van der Waals surface area contributed by atoms with Crippen LogP contribution >= 0.6 is 0 Å². The molecule has 1 aromatic heterocycles. The van der Waals surface area contributed by atoms with Crippen LogP contribution in [0.1, 0.15) is 37.4 Å². The van der Waals surface area contributed by atoms with E-state index in [1.807, 2.05) is 37.9 Å². The monoisotopic (exact) mass is 298 g/mol. The zero-order valence-electron chi connectivity index (χ0n) is 12.2. The first-order valence-electron chi connectivity index (χ1n) is 6.87. The zero-order valence-corrected chi connectivity index (χ0v) is 13.0. The summed E-state index contributed by atoms with van der Waals surface area (Å²) in [5, 5.41) is 9.36. The standard InChI is InChI=1S/C14H22N2O3S/c1-10(2)13-6-11(8-17)7-14(15-13)16(3)12-4-5-20(18,19)9-12/h6-7,10,12,17H,4-5,8-9H2,1-3H3. The Kier molecular flexibility index (Phi) is 4.34. The van der Waals surface area contributed by atoms with Gasteiger partial charge < -0.3 is 10.0 Å². The third-order valence-electron chi connectivity index (χ3n) is 3.78. The summed E-state index contributed by atoms with van der Waals surface area (Å²) in [4.78, 5) is 6.52. The first kappa shape index (κ1) is 15.3. The van der Waals surface area contributed by atoms with Crippen molar-refractivity contribution in [1.29, 1.82) is 0 Å². The number of aliphatic hydroxyl groups excluding tert-OH is 1. The molecular weight excluding hydrogens is 276 g/mol. The van der Waals surface area contributed by atoms with Crippen molar-refractivity contribution in [1.82, 2.24) is 4.98 Å². The lowest BCUT2D eigenvalue weighted by molar-refractivity contribution is 0.281. The Bertz CT molecular complexity index is 584. The fraction of sp³-hybridized carbons (Fsp3) is 0.643. The highest BCUT2D eigenvalue weighted by Crippen LogP contribution is 2.24. The summed E-state index contributed by atoms with van der Waals surface area (Å²) in [5.41, 5.74) is 1.73. The number of pyridine rings is 1. The van der Waals surface area contributed by atoms with Crippen LogP contribution in [0.4, 0.5) is 5.82 Å². The van der Waals surface area contributed by atoms with Crippen LogP contribution in [0.25, 0.3) is 0 Å². The van der Waals surface area contributed by atoms with Crippen molar-refractivity contribution < 1.29 is 13.5 Å². The fourth-order valence-corrected chi connectivity index (χ4v) is 4.20. The molecule has 1 unspecified atom stereocenters. The highest BCUT2D eigenvalue weighted by Gasteiger charge is 2.31. The first-order chi connectivity index (χ1) is 9.32. The molecule has 0 radical (unpaired) electrons. The van der Waals surface area contributed by atoms with Crippen molar-refractivity contribution >= 4 is 15.7 Å². The van der Waals surface area contributed by atoms with Gasteiger partial charge in [0.25, 0.3) is 0 Å². The fourth-order valence-electron chi connectivity index (χ4n) is 2.43. The topological polar surface area (TPSA) is 70.5 Å². The van der Waals surface area contributed by atoms with Crippen LogP contribution in [-0.4, -0.2) is 43.1 Å². The summed E-state index contributed by atoms with van der Waals surface area (Å²) in [6.07, 6.45) is 0.640. The predicted octanol–water partition coefficient (Wildman–Crippen LogP) is 1.32. The molecule has 1 atom stereocenters. The molecule has 1 aliphatic heterocycles. The van der Waals surface area contributed by atoms with E-state index in [2.05, 4.69) is 4.98 Å². The molecule has 0 spiro atoms. The molecule has 1 fully saturated rings.